The van der Waals surface area contributed by atoms with Gasteiger partial charge < -0.3 is 15.5 Å². The van der Waals surface area contributed by atoms with Gasteiger partial charge in [-0.1, -0.05) is 0 Å². The maximum atomic E-state index is 12.1. The van der Waals surface area contributed by atoms with E-state index < -0.39 is 0 Å². The Morgan fingerprint density at radius 3 is 2.88 bits per heavy atom. The largest absolute Gasteiger partial charge is 0.351 e. The first-order valence-corrected chi connectivity index (χ1v) is 6.35. The van der Waals surface area contributed by atoms with Crippen molar-refractivity contribution in [3.05, 3.63) is 0 Å². The fourth-order valence-electron chi connectivity index (χ4n) is 2.67. The number of carbonyl (C=O) groups is 2. The molecule has 0 spiro atoms. The predicted molar refractivity (Wildman–Crippen MR) is 64.4 cm³/mol. The summed E-state index contributed by atoms with van der Waals surface area (Å²) in [5.41, 5.74) is 0. The summed E-state index contributed by atoms with van der Waals surface area (Å²) >= 11 is 0. The second kappa shape index (κ2) is 5.04. The van der Waals surface area contributed by atoms with Crippen molar-refractivity contribution in [2.45, 2.75) is 38.3 Å². The summed E-state index contributed by atoms with van der Waals surface area (Å²) in [6.45, 7) is 3.68. The highest BCUT2D eigenvalue weighted by Gasteiger charge is 2.32. The van der Waals surface area contributed by atoms with E-state index in [4.69, 9.17) is 0 Å². The maximum Gasteiger partial charge on any atom is 0.224 e. The van der Waals surface area contributed by atoms with Crippen LogP contribution in [0.1, 0.15) is 26.2 Å². The average Bonchev–Trinajstić information content (AvgIpc) is 2.58. The summed E-state index contributed by atoms with van der Waals surface area (Å²) < 4.78 is 0. The van der Waals surface area contributed by atoms with Crippen molar-refractivity contribution in [3.63, 3.8) is 0 Å². The Hall–Kier alpha value is -1.10. The molecule has 0 saturated carbocycles. The topological polar surface area (TPSA) is 61.4 Å². The maximum absolute atomic E-state index is 12.1. The minimum absolute atomic E-state index is 0.00544. The molecule has 0 aromatic rings. The lowest BCUT2D eigenvalue weighted by Gasteiger charge is -2.29. The van der Waals surface area contributed by atoms with Gasteiger partial charge in [0.25, 0.3) is 0 Å². The van der Waals surface area contributed by atoms with Crippen LogP contribution in [0.3, 0.4) is 0 Å². The molecule has 0 radical (unpaired) electrons. The summed E-state index contributed by atoms with van der Waals surface area (Å²) in [7, 11) is 1.78. The normalized spacial score (nSPS) is 33.9. The predicted octanol–water partition coefficient (Wildman–Crippen LogP) is -0.279. The van der Waals surface area contributed by atoms with E-state index in [1.54, 1.807) is 11.9 Å². The van der Waals surface area contributed by atoms with E-state index in [-0.39, 0.29) is 29.8 Å². The van der Waals surface area contributed by atoms with E-state index in [1.807, 2.05) is 0 Å². The molecule has 2 amide bonds. The smallest absolute Gasteiger partial charge is 0.224 e. The number of likely N-dealkylation sites (N-methyl/N-ethyl adjacent to an activating group) is 1. The SMILES string of the molecule is CC1NCCCC1C(=O)NC1CC(=O)N(C)C1. The van der Waals surface area contributed by atoms with Crippen molar-refractivity contribution in [2.24, 2.45) is 5.92 Å². The lowest BCUT2D eigenvalue weighted by atomic mass is 9.91. The van der Waals surface area contributed by atoms with Gasteiger partial charge in [0.05, 0.1) is 12.0 Å². The number of piperidine rings is 1. The highest BCUT2D eigenvalue weighted by molar-refractivity contribution is 5.83. The molecule has 0 aromatic carbocycles. The molecule has 3 unspecified atom stereocenters. The standard InChI is InChI=1S/C12H21N3O2/c1-8-10(4-3-5-13-8)12(17)14-9-6-11(16)15(2)7-9/h8-10,13H,3-7H2,1-2H3,(H,14,17). The lowest BCUT2D eigenvalue weighted by molar-refractivity contribution is -0.127. The highest BCUT2D eigenvalue weighted by Crippen LogP contribution is 2.17. The van der Waals surface area contributed by atoms with Gasteiger partial charge in [-0.2, -0.15) is 0 Å². The Labute approximate surface area is 102 Å². The number of hydrogen-bond acceptors (Lipinski definition) is 3. The number of amides is 2. The molecule has 3 atom stereocenters. The average molecular weight is 239 g/mol. The molecule has 0 bridgehead atoms. The third kappa shape index (κ3) is 2.77. The van der Waals surface area contributed by atoms with Gasteiger partial charge in [0.2, 0.25) is 11.8 Å². The third-order valence-corrected chi connectivity index (χ3v) is 3.79. The molecule has 5 nitrogen and oxygen atoms in total. The monoisotopic (exact) mass is 239 g/mol. The summed E-state index contributed by atoms with van der Waals surface area (Å²) in [6, 6.07) is 0.229. The first-order valence-electron chi connectivity index (χ1n) is 6.35. The fraction of sp³-hybridized carbons (Fsp3) is 0.833. The number of rotatable bonds is 2. The van der Waals surface area contributed by atoms with Gasteiger partial charge in [-0.3, -0.25) is 9.59 Å². The van der Waals surface area contributed by atoms with E-state index in [9.17, 15) is 9.59 Å². The quantitative estimate of drug-likeness (QED) is 0.697. The lowest BCUT2D eigenvalue weighted by Crippen LogP contribution is -2.49. The molecule has 2 N–H and O–H groups in total. The molecule has 0 aromatic heterocycles. The Bertz CT molecular complexity index is 319. The van der Waals surface area contributed by atoms with Crippen molar-refractivity contribution < 1.29 is 9.59 Å². The number of nitrogens with one attached hydrogen (secondary N) is 2. The number of hydrogen-bond donors (Lipinski definition) is 2. The molecule has 5 heteroatoms. The van der Waals surface area contributed by atoms with E-state index in [1.165, 1.54) is 0 Å². The number of likely N-dealkylation sites (tertiary alicyclic amines) is 1. The van der Waals surface area contributed by atoms with Crippen LogP contribution in [0.2, 0.25) is 0 Å². The van der Waals surface area contributed by atoms with E-state index in [0.717, 1.165) is 19.4 Å². The highest BCUT2D eigenvalue weighted by atomic mass is 16.2. The molecule has 2 aliphatic heterocycles. The number of carbonyl (C=O) groups excluding carboxylic acids is 2. The van der Waals surface area contributed by atoms with Gasteiger partial charge in [0, 0.05) is 26.1 Å². The van der Waals surface area contributed by atoms with E-state index >= 15 is 0 Å². The van der Waals surface area contributed by atoms with Crippen LogP contribution in [-0.2, 0) is 9.59 Å². The molecule has 96 valence electrons. The van der Waals surface area contributed by atoms with Crippen molar-refractivity contribution >= 4 is 11.8 Å². The van der Waals surface area contributed by atoms with Gasteiger partial charge in [-0.15, -0.1) is 0 Å². The first-order chi connectivity index (χ1) is 8.08. The Morgan fingerprint density at radius 1 is 1.53 bits per heavy atom. The van der Waals surface area contributed by atoms with Crippen LogP contribution in [-0.4, -0.2) is 48.9 Å². The second-order valence-electron chi connectivity index (χ2n) is 5.18. The molecular weight excluding hydrogens is 218 g/mol. The van der Waals surface area contributed by atoms with Gasteiger partial charge in [0.1, 0.15) is 0 Å². The van der Waals surface area contributed by atoms with Crippen LogP contribution in [0.15, 0.2) is 0 Å². The van der Waals surface area contributed by atoms with Gasteiger partial charge >= 0.3 is 0 Å². The Balaban J connectivity index is 1.86. The van der Waals surface area contributed by atoms with Crippen LogP contribution >= 0.6 is 0 Å². The molecule has 2 fully saturated rings. The third-order valence-electron chi connectivity index (χ3n) is 3.79. The van der Waals surface area contributed by atoms with Crippen molar-refractivity contribution in [3.8, 4) is 0 Å². The Kier molecular flexibility index (Phi) is 3.66. The number of nitrogens with zero attached hydrogens (tertiary/aromatic N) is 1. The minimum atomic E-state index is -0.00544. The molecule has 2 rings (SSSR count). The van der Waals surface area contributed by atoms with E-state index in [0.29, 0.717) is 13.0 Å². The molecule has 2 saturated heterocycles. The summed E-state index contributed by atoms with van der Waals surface area (Å²) in [5.74, 6) is 0.257. The van der Waals surface area contributed by atoms with Gasteiger partial charge in [-0.25, -0.2) is 0 Å². The van der Waals surface area contributed by atoms with Gasteiger partial charge in [0.15, 0.2) is 0 Å². The van der Waals surface area contributed by atoms with Crippen LogP contribution in [0.5, 0.6) is 0 Å². The van der Waals surface area contributed by atoms with Gasteiger partial charge in [-0.05, 0) is 26.3 Å². The first kappa shape index (κ1) is 12.4. The van der Waals surface area contributed by atoms with Crippen LogP contribution in [0.4, 0.5) is 0 Å². The summed E-state index contributed by atoms with van der Waals surface area (Å²) in [6.07, 6.45) is 2.43. The van der Waals surface area contributed by atoms with Crippen molar-refractivity contribution in [1.29, 1.82) is 0 Å². The van der Waals surface area contributed by atoms with Crippen LogP contribution < -0.4 is 10.6 Å². The molecule has 2 aliphatic rings. The zero-order valence-electron chi connectivity index (χ0n) is 10.5. The fourth-order valence-corrected chi connectivity index (χ4v) is 2.67. The van der Waals surface area contributed by atoms with E-state index in [2.05, 4.69) is 17.6 Å². The van der Waals surface area contributed by atoms with Crippen LogP contribution in [0, 0.1) is 5.92 Å². The molecule has 17 heavy (non-hydrogen) atoms. The molecule has 0 aliphatic carbocycles. The zero-order valence-corrected chi connectivity index (χ0v) is 10.5. The molecule has 2 heterocycles. The van der Waals surface area contributed by atoms with Crippen molar-refractivity contribution in [2.75, 3.05) is 20.1 Å². The summed E-state index contributed by atoms with van der Waals surface area (Å²) in [5, 5.41) is 6.32. The van der Waals surface area contributed by atoms with Crippen molar-refractivity contribution in [1.82, 2.24) is 15.5 Å². The van der Waals surface area contributed by atoms with Crippen LogP contribution in [0.25, 0.3) is 0 Å². The minimum Gasteiger partial charge on any atom is -0.351 e. The summed E-state index contributed by atoms with van der Waals surface area (Å²) in [4.78, 5) is 25.1. The zero-order chi connectivity index (χ0) is 12.4. The Morgan fingerprint density at radius 2 is 2.29 bits per heavy atom. The molecular formula is C12H21N3O2. The second-order valence-corrected chi connectivity index (χ2v) is 5.18.